The van der Waals surface area contributed by atoms with Crippen molar-refractivity contribution in [1.29, 1.82) is 0 Å². The van der Waals surface area contributed by atoms with E-state index in [1.807, 2.05) is 55.5 Å². The van der Waals surface area contributed by atoms with Gasteiger partial charge in [0.05, 0.1) is 18.8 Å². The van der Waals surface area contributed by atoms with Gasteiger partial charge in [0.2, 0.25) is 0 Å². The van der Waals surface area contributed by atoms with Crippen LogP contribution in [0.4, 0.5) is 0 Å². The van der Waals surface area contributed by atoms with Crippen molar-refractivity contribution >= 4 is 0 Å². The average molecular weight is 383 g/mol. The van der Waals surface area contributed by atoms with Crippen molar-refractivity contribution < 1.29 is 19.7 Å². The lowest BCUT2D eigenvalue weighted by molar-refractivity contribution is -0.0587. The van der Waals surface area contributed by atoms with E-state index in [4.69, 9.17) is 9.47 Å². The van der Waals surface area contributed by atoms with Gasteiger partial charge < -0.3 is 24.6 Å². The molecule has 2 atom stereocenters. The van der Waals surface area contributed by atoms with Crippen molar-refractivity contribution in [3.05, 3.63) is 59.7 Å². The summed E-state index contributed by atoms with van der Waals surface area (Å²) in [7, 11) is 0. The van der Waals surface area contributed by atoms with Gasteiger partial charge in [-0.05, 0) is 43.5 Å². The number of fused-ring (bicyclic) bond motifs is 1. The Morgan fingerprint density at radius 3 is 2.57 bits per heavy atom. The Hall–Kier alpha value is -2.08. The van der Waals surface area contributed by atoms with Gasteiger partial charge in [-0.15, -0.1) is 0 Å². The summed E-state index contributed by atoms with van der Waals surface area (Å²) in [4.78, 5) is 2.28. The SMILES string of the molecule is CCOc1ccc([C@H](O)CN2CCC3(CC2)C[C@H](O)c2ccccc2O3)cc1. The van der Waals surface area contributed by atoms with Gasteiger partial charge >= 0.3 is 0 Å². The highest BCUT2D eigenvalue weighted by Gasteiger charge is 2.42. The fourth-order valence-electron chi connectivity index (χ4n) is 4.34. The molecule has 2 aromatic carbocycles. The van der Waals surface area contributed by atoms with E-state index in [1.165, 1.54) is 0 Å². The molecule has 2 aliphatic rings. The van der Waals surface area contributed by atoms with Crippen LogP contribution in [0.5, 0.6) is 11.5 Å². The molecule has 28 heavy (non-hydrogen) atoms. The molecule has 2 N–H and O–H groups in total. The van der Waals surface area contributed by atoms with Gasteiger partial charge in [0.1, 0.15) is 17.1 Å². The highest BCUT2D eigenvalue weighted by Crippen LogP contribution is 2.44. The summed E-state index contributed by atoms with van der Waals surface area (Å²) < 4.78 is 11.8. The Morgan fingerprint density at radius 2 is 1.86 bits per heavy atom. The van der Waals surface area contributed by atoms with E-state index in [0.717, 1.165) is 48.6 Å². The summed E-state index contributed by atoms with van der Waals surface area (Å²) in [6.45, 7) is 4.90. The Labute approximate surface area is 166 Å². The number of piperidine rings is 1. The zero-order valence-corrected chi connectivity index (χ0v) is 16.4. The molecule has 5 nitrogen and oxygen atoms in total. The number of rotatable bonds is 5. The van der Waals surface area contributed by atoms with E-state index >= 15 is 0 Å². The highest BCUT2D eigenvalue weighted by molar-refractivity contribution is 5.38. The molecule has 4 rings (SSSR count). The molecular formula is C23H29NO4. The second-order valence-corrected chi connectivity index (χ2v) is 7.86. The second kappa shape index (κ2) is 8.11. The molecule has 0 radical (unpaired) electrons. The number of β-amino-alcohol motifs (C(OH)–C–C–N with tert-alkyl or cyclic N) is 1. The first-order chi connectivity index (χ1) is 13.6. The third kappa shape index (κ3) is 4.02. The summed E-state index contributed by atoms with van der Waals surface area (Å²) in [5, 5.41) is 21.2. The molecular weight excluding hydrogens is 354 g/mol. The van der Waals surface area contributed by atoms with Crippen molar-refractivity contribution in [3.8, 4) is 11.5 Å². The van der Waals surface area contributed by atoms with E-state index in [2.05, 4.69) is 4.90 Å². The van der Waals surface area contributed by atoms with E-state index in [0.29, 0.717) is 19.6 Å². The molecule has 0 amide bonds. The molecule has 2 aromatic rings. The van der Waals surface area contributed by atoms with E-state index < -0.39 is 12.2 Å². The second-order valence-electron chi connectivity index (χ2n) is 7.86. The molecule has 0 aromatic heterocycles. The topological polar surface area (TPSA) is 62.2 Å². The van der Waals surface area contributed by atoms with Crippen molar-refractivity contribution in [2.24, 2.45) is 0 Å². The maximum Gasteiger partial charge on any atom is 0.125 e. The van der Waals surface area contributed by atoms with Gasteiger partial charge in [-0.3, -0.25) is 0 Å². The maximum atomic E-state index is 10.6. The van der Waals surface area contributed by atoms with E-state index in [1.54, 1.807) is 0 Å². The molecule has 2 aliphatic heterocycles. The predicted molar refractivity (Wildman–Crippen MR) is 108 cm³/mol. The van der Waals surface area contributed by atoms with Crippen LogP contribution in [0.15, 0.2) is 48.5 Å². The number of hydrogen-bond acceptors (Lipinski definition) is 5. The third-order valence-electron chi connectivity index (χ3n) is 5.94. The Balaban J connectivity index is 1.34. The van der Waals surface area contributed by atoms with Crippen molar-refractivity contribution in [2.75, 3.05) is 26.2 Å². The fourth-order valence-corrected chi connectivity index (χ4v) is 4.34. The lowest BCUT2D eigenvalue weighted by atomic mass is 9.81. The monoisotopic (exact) mass is 383 g/mol. The number of aliphatic hydroxyl groups excluding tert-OH is 2. The number of benzene rings is 2. The lowest BCUT2D eigenvalue weighted by Gasteiger charge is -2.46. The Morgan fingerprint density at radius 1 is 1.14 bits per heavy atom. The van der Waals surface area contributed by atoms with Gasteiger partial charge in [-0.2, -0.15) is 0 Å². The van der Waals surface area contributed by atoms with Crippen LogP contribution in [0.1, 0.15) is 49.5 Å². The van der Waals surface area contributed by atoms with E-state index in [9.17, 15) is 10.2 Å². The molecule has 1 fully saturated rings. The summed E-state index contributed by atoms with van der Waals surface area (Å²) >= 11 is 0. The molecule has 0 bridgehead atoms. The fraction of sp³-hybridized carbons (Fsp3) is 0.478. The molecule has 1 spiro atoms. The van der Waals surface area contributed by atoms with Crippen LogP contribution in [0, 0.1) is 0 Å². The van der Waals surface area contributed by atoms with Crippen molar-refractivity contribution in [1.82, 2.24) is 4.90 Å². The van der Waals surface area contributed by atoms with Crippen LogP contribution in [0.2, 0.25) is 0 Å². The largest absolute Gasteiger partial charge is 0.494 e. The van der Waals surface area contributed by atoms with Crippen LogP contribution in [0.25, 0.3) is 0 Å². The summed E-state index contributed by atoms with van der Waals surface area (Å²) in [6, 6.07) is 15.4. The summed E-state index contributed by atoms with van der Waals surface area (Å²) in [5.41, 5.74) is 1.50. The summed E-state index contributed by atoms with van der Waals surface area (Å²) in [5.74, 6) is 1.63. The van der Waals surface area contributed by atoms with Crippen LogP contribution in [-0.4, -0.2) is 47.0 Å². The first-order valence-corrected chi connectivity index (χ1v) is 10.2. The minimum absolute atomic E-state index is 0.297. The van der Waals surface area contributed by atoms with Crippen LogP contribution >= 0.6 is 0 Å². The zero-order valence-electron chi connectivity index (χ0n) is 16.4. The molecule has 5 heteroatoms. The molecule has 2 heterocycles. The first kappa shape index (κ1) is 19.2. The number of hydrogen-bond donors (Lipinski definition) is 2. The van der Waals surface area contributed by atoms with Gasteiger partial charge in [0.15, 0.2) is 0 Å². The minimum atomic E-state index is -0.525. The van der Waals surface area contributed by atoms with E-state index in [-0.39, 0.29) is 5.60 Å². The zero-order chi connectivity index (χ0) is 19.6. The first-order valence-electron chi connectivity index (χ1n) is 10.2. The molecule has 0 saturated carbocycles. The van der Waals surface area contributed by atoms with Crippen molar-refractivity contribution in [3.63, 3.8) is 0 Å². The quantitative estimate of drug-likeness (QED) is 0.828. The Kier molecular flexibility index (Phi) is 5.58. The highest BCUT2D eigenvalue weighted by atomic mass is 16.5. The van der Waals surface area contributed by atoms with Gasteiger partial charge in [0, 0.05) is 31.6 Å². The lowest BCUT2D eigenvalue weighted by Crippen LogP contribution is -2.51. The molecule has 150 valence electrons. The average Bonchev–Trinajstić information content (AvgIpc) is 2.71. The minimum Gasteiger partial charge on any atom is -0.494 e. The number of likely N-dealkylation sites (tertiary alicyclic amines) is 1. The number of nitrogens with zero attached hydrogens (tertiary/aromatic N) is 1. The smallest absolute Gasteiger partial charge is 0.125 e. The third-order valence-corrected chi connectivity index (χ3v) is 5.94. The number of aliphatic hydroxyl groups is 2. The predicted octanol–water partition coefficient (Wildman–Crippen LogP) is 3.47. The van der Waals surface area contributed by atoms with Crippen LogP contribution in [0.3, 0.4) is 0 Å². The van der Waals surface area contributed by atoms with Gasteiger partial charge in [-0.25, -0.2) is 0 Å². The number of para-hydroxylation sites is 1. The normalized spacial score (nSPS) is 22.3. The molecule has 0 aliphatic carbocycles. The Bertz CT molecular complexity index is 783. The standard InChI is InChI=1S/C23H29NO4/c1-2-27-18-9-7-17(8-10-18)21(26)16-24-13-11-23(12-14-24)15-20(25)19-5-3-4-6-22(19)28-23/h3-10,20-21,25-26H,2,11-16H2,1H3/t20-,21+/m0/s1. The molecule has 0 unspecified atom stereocenters. The van der Waals surface area contributed by atoms with Gasteiger partial charge in [-0.1, -0.05) is 30.3 Å². The summed E-state index contributed by atoms with van der Waals surface area (Å²) in [6.07, 6.45) is 1.36. The number of ether oxygens (including phenoxy) is 2. The van der Waals surface area contributed by atoms with Crippen LogP contribution < -0.4 is 9.47 Å². The van der Waals surface area contributed by atoms with Crippen molar-refractivity contribution in [2.45, 2.75) is 44.0 Å². The van der Waals surface area contributed by atoms with Gasteiger partial charge in [0.25, 0.3) is 0 Å². The molecule has 1 saturated heterocycles. The van der Waals surface area contributed by atoms with Crippen LogP contribution in [-0.2, 0) is 0 Å². The maximum absolute atomic E-state index is 10.6.